The molecule has 4 nitrogen and oxygen atoms in total. The molecule has 27 heavy (non-hydrogen) atoms. The number of hydrogen-bond acceptors (Lipinski definition) is 4. The summed E-state index contributed by atoms with van der Waals surface area (Å²) in [6, 6.07) is 0. The minimum Gasteiger partial charge on any atom is -0.435 e. The van der Waals surface area contributed by atoms with Gasteiger partial charge in [0.05, 0.1) is 13.2 Å². The van der Waals surface area contributed by atoms with Crippen LogP contribution in [0.3, 0.4) is 0 Å². The summed E-state index contributed by atoms with van der Waals surface area (Å²) < 4.78 is 9.66. The Morgan fingerprint density at radius 2 is 1.11 bits per heavy atom. The summed E-state index contributed by atoms with van der Waals surface area (Å²) in [5, 5.41) is 0. The van der Waals surface area contributed by atoms with Crippen LogP contribution in [0.4, 0.5) is 4.79 Å². The molecule has 0 aliphatic carbocycles. The Bertz CT molecular complexity index is 332. The predicted molar refractivity (Wildman–Crippen MR) is 115 cm³/mol. The van der Waals surface area contributed by atoms with Crippen molar-refractivity contribution in [2.24, 2.45) is 5.73 Å². The van der Waals surface area contributed by atoms with Gasteiger partial charge in [0.25, 0.3) is 0 Å². The van der Waals surface area contributed by atoms with Gasteiger partial charge in [-0.3, -0.25) is 0 Å². The van der Waals surface area contributed by atoms with E-state index in [-0.39, 0.29) is 0 Å². The molecule has 0 aliphatic heterocycles. The smallest absolute Gasteiger partial charge is 0.435 e. The maximum Gasteiger partial charge on any atom is 0.508 e. The Kier molecular flexibility index (Phi) is 22.1. The van der Waals surface area contributed by atoms with Crippen molar-refractivity contribution in [1.82, 2.24) is 0 Å². The van der Waals surface area contributed by atoms with E-state index in [0.29, 0.717) is 13.2 Å². The molecule has 4 heteroatoms. The minimum atomic E-state index is -0.537. The number of ether oxygens (including phenoxy) is 2. The van der Waals surface area contributed by atoms with Crippen molar-refractivity contribution >= 4 is 6.16 Å². The lowest BCUT2D eigenvalue weighted by molar-refractivity contribution is 0.0578. The van der Waals surface area contributed by atoms with Gasteiger partial charge in [-0.15, -0.1) is 0 Å². The number of carbonyl (C=O) groups excluding carboxylic acids is 1. The van der Waals surface area contributed by atoms with Gasteiger partial charge in [0.15, 0.2) is 0 Å². The third-order valence-corrected chi connectivity index (χ3v) is 4.74. The lowest BCUT2D eigenvalue weighted by Crippen LogP contribution is -2.07. The molecule has 0 bridgehead atoms. The SMILES string of the molecule is CCOC(=O)OCCCCCCCCCCC=CCCCCCCCCN. The standard InChI is InChI=1S/C23H45NO3/c1-2-26-23(25)27-22-20-18-16-14-12-10-8-6-4-3-5-7-9-11-13-15-17-19-21-24/h3,5H,2,4,6-22,24H2,1H3. The zero-order chi connectivity index (χ0) is 19.8. The van der Waals surface area contributed by atoms with E-state index < -0.39 is 6.16 Å². The van der Waals surface area contributed by atoms with Crippen molar-refractivity contribution in [1.29, 1.82) is 0 Å². The Balaban J connectivity index is 3.11. The Hall–Kier alpha value is -1.03. The summed E-state index contributed by atoms with van der Waals surface area (Å²) in [7, 11) is 0. The molecule has 2 N–H and O–H groups in total. The van der Waals surface area contributed by atoms with Gasteiger partial charge in [0, 0.05) is 0 Å². The quantitative estimate of drug-likeness (QED) is 0.141. The fourth-order valence-electron chi connectivity index (χ4n) is 3.09. The minimum absolute atomic E-state index is 0.380. The van der Waals surface area contributed by atoms with Crippen LogP contribution in [0.25, 0.3) is 0 Å². The van der Waals surface area contributed by atoms with Crippen LogP contribution in [0.1, 0.15) is 110 Å². The second kappa shape index (κ2) is 23.0. The lowest BCUT2D eigenvalue weighted by Gasteiger charge is -2.04. The number of hydrogen-bond donors (Lipinski definition) is 1. The van der Waals surface area contributed by atoms with Crippen molar-refractivity contribution in [2.45, 2.75) is 110 Å². The first-order chi connectivity index (χ1) is 13.3. The summed E-state index contributed by atoms with van der Waals surface area (Å²) in [4.78, 5) is 11.0. The number of unbranched alkanes of at least 4 members (excludes halogenated alkanes) is 14. The molecule has 0 spiro atoms. The van der Waals surface area contributed by atoms with E-state index in [1.54, 1.807) is 6.92 Å². The van der Waals surface area contributed by atoms with Crippen LogP contribution in [0.15, 0.2) is 12.2 Å². The van der Waals surface area contributed by atoms with Crippen LogP contribution in [0.2, 0.25) is 0 Å². The molecule has 0 fully saturated rings. The fraction of sp³-hybridized carbons (Fsp3) is 0.870. The second-order valence-corrected chi connectivity index (χ2v) is 7.32. The molecule has 0 saturated carbocycles. The van der Waals surface area contributed by atoms with Crippen LogP contribution >= 0.6 is 0 Å². The van der Waals surface area contributed by atoms with Crippen molar-refractivity contribution in [3.05, 3.63) is 12.2 Å². The summed E-state index contributed by atoms with van der Waals surface area (Å²) in [5.74, 6) is 0. The Labute approximate surface area is 168 Å². The van der Waals surface area contributed by atoms with Crippen molar-refractivity contribution in [3.63, 3.8) is 0 Å². The van der Waals surface area contributed by atoms with Gasteiger partial charge >= 0.3 is 6.16 Å². The molecule has 0 rings (SSSR count). The van der Waals surface area contributed by atoms with E-state index in [4.69, 9.17) is 15.2 Å². The van der Waals surface area contributed by atoms with Gasteiger partial charge in [-0.1, -0.05) is 76.4 Å². The maximum absolute atomic E-state index is 11.0. The summed E-state index contributed by atoms with van der Waals surface area (Å²) in [5.41, 5.74) is 5.50. The van der Waals surface area contributed by atoms with Crippen molar-refractivity contribution < 1.29 is 14.3 Å². The van der Waals surface area contributed by atoms with Gasteiger partial charge in [0.2, 0.25) is 0 Å². The summed E-state index contributed by atoms with van der Waals surface area (Å²) in [6.45, 7) is 3.49. The Morgan fingerprint density at radius 3 is 1.59 bits per heavy atom. The molecular formula is C23H45NO3. The highest BCUT2D eigenvalue weighted by molar-refractivity contribution is 5.59. The monoisotopic (exact) mass is 383 g/mol. The molecule has 0 aromatic rings. The van der Waals surface area contributed by atoms with Crippen molar-refractivity contribution in [3.8, 4) is 0 Å². The van der Waals surface area contributed by atoms with Crippen LogP contribution in [0, 0.1) is 0 Å². The van der Waals surface area contributed by atoms with Gasteiger partial charge in [-0.25, -0.2) is 4.79 Å². The topological polar surface area (TPSA) is 61.5 Å². The first kappa shape index (κ1) is 26.0. The molecular weight excluding hydrogens is 338 g/mol. The average molecular weight is 384 g/mol. The van der Waals surface area contributed by atoms with Crippen LogP contribution in [0.5, 0.6) is 0 Å². The van der Waals surface area contributed by atoms with Gasteiger partial charge in [-0.2, -0.15) is 0 Å². The molecule has 0 heterocycles. The van der Waals surface area contributed by atoms with Gasteiger partial charge < -0.3 is 15.2 Å². The molecule has 0 atom stereocenters. The highest BCUT2D eigenvalue weighted by atomic mass is 16.7. The van der Waals surface area contributed by atoms with E-state index in [1.165, 1.54) is 89.9 Å². The third-order valence-electron chi connectivity index (χ3n) is 4.74. The molecule has 0 amide bonds. The molecule has 0 aromatic heterocycles. The first-order valence-corrected chi connectivity index (χ1v) is 11.5. The maximum atomic E-state index is 11.0. The van der Waals surface area contributed by atoms with E-state index in [9.17, 15) is 4.79 Å². The third kappa shape index (κ3) is 22.9. The van der Waals surface area contributed by atoms with Crippen LogP contribution in [-0.4, -0.2) is 25.9 Å². The molecule has 0 aliphatic rings. The van der Waals surface area contributed by atoms with Crippen LogP contribution < -0.4 is 5.73 Å². The normalized spacial score (nSPS) is 11.2. The highest BCUT2D eigenvalue weighted by Crippen LogP contribution is 2.11. The van der Waals surface area contributed by atoms with E-state index in [2.05, 4.69) is 12.2 Å². The number of carbonyl (C=O) groups is 1. The van der Waals surface area contributed by atoms with E-state index >= 15 is 0 Å². The largest absolute Gasteiger partial charge is 0.508 e. The fourth-order valence-corrected chi connectivity index (χ4v) is 3.09. The molecule has 0 radical (unpaired) electrons. The zero-order valence-electron chi connectivity index (χ0n) is 17.9. The molecule has 0 saturated heterocycles. The van der Waals surface area contributed by atoms with Crippen molar-refractivity contribution in [2.75, 3.05) is 19.8 Å². The van der Waals surface area contributed by atoms with E-state index in [1.807, 2.05) is 0 Å². The average Bonchev–Trinajstić information content (AvgIpc) is 2.66. The highest BCUT2D eigenvalue weighted by Gasteiger charge is 2.00. The lowest BCUT2D eigenvalue weighted by atomic mass is 10.1. The second-order valence-electron chi connectivity index (χ2n) is 7.32. The van der Waals surface area contributed by atoms with Gasteiger partial charge in [-0.05, 0) is 52.0 Å². The first-order valence-electron chi connectivity index (χ1n) is 11.5. The Morgan fingerprint density at radius 1 is 0.667 bits per heavy atom. The van der Waals surface area contributed by atoms with E-state index in [0.717, 1.165) is 19.4 Å². The molecule has 160 valence electrons. The summed E-state index contributed by atoms with van der Waals surface area (Å²) >= 11 is 0. The molecule has 0 aromatic carbocycles. The molecule has 0 unspecified atom stereocenters. The number of nitrogens with two attached hydrogens (primary N) is 1. The zero-order valence-corrected chi connectivity index (χ0v) is 17.9. The number of allylic oxidation sites excluding steroid dienone is 2. The predicted octanol–water partition coefficient (Wildman–Crippen LogP) is 6.92. The van der Waals surface area contributed by atoms with Gasteiger partial charge in [0.1, 0.15) is 0 Å². The number of rotatable bonds is 20. The summed E-state index contributed by atoms with van der Waals surface area (Å²) in [6.07, 6.45) is 24.5. The van der Waals surface area contributed by atoms with Crippen LogP contribution in [-0.2, 0) is 9.47 Å².